The number of ether oxygens (including phenoxy) is 2. The topological polar surface area (TPSA) is 64.8 Å². The summed E-state index contributed by atoms with van der Waals surface area (Å²) in [6, 6.07) is 5.14. The van der Waals surface area contributed by atoms with E-state index in [0.717, 1.165) is 44.3 Å². The summed E-state index contributed by atoms with van der Waals surface area (Å²) in [7, 11) is 0. The molecule has 23 heavy (non-hydrogen) atoms. The van der Waals surface area contributed by atoms with Gasteiger partial charge in [-0.05, 0) is 30.9 Å². The van der Waals surface area contributed by atoms with Gasteiger partial charge in [0.15, 0.2) is 5.72 Å². The van der Waals surface area contributed by atoms with Crippen LogP contribution in [0, 0.1) is 10.1 Å². The fourth-order valence-corrected chi connectivity index (χ4v) is 3.96. The maximum Gasteiger partial charge on any atom is 0.311 e. The highest BCUT2D eigenvalue weighted by molar-refractivity contribution is 5.70. The molecule has 0 unspecified atom stereocenters. The van der Waals surface area contributed by atoms with Gasteiger partial charge >= 0.3 is 5.69 Å². The zero-order valence-electron chi connectivity index (χ0n) is 13.0. The molecule has 2 heterocycles. The van der Waals surface area contributed by atoms with Crippen LogP contribution in [0.15, 0.2) is 23.8 Å². The molecule has 6 heteroatoms. The first kappa shape index (κ1) is 14.7. The molecule has 0 aromatic heterocycles. The van der Waals surface area contributed by atoms with Crippen molar-refractivity contribution in [1.82, 2.24) is 4.90 Å². The van der Waals surface area contributed by atoms with Gasteiger partial charge < -0.3 is 9.47 Å². The number of hydrogen-bond donors (Lipinski definition) is 0. The third kappa shape index (κ3) is 2.33. The third-order valence-corrected chi connectivity index (χ3v) is 5.06. The van der Waals surface area contributed by atoms with Crippen LogP contribution < -0.4 is 4.74 Å². The van der Waals surface area contributed by atoms with E-state index in [-0.39, 0.29) is 10.6 Å². The fraction of sp³-hybridized carbons (Fsp3) is 0.529. The van der Waals surface area contributed by atoms with E-state index in [0.29, 0.717) is 19.0 Å². The summed E-state index contributed by atoms with van der Waals surface area (Å²) in [6.45, 7) is 2.96. The highest BCUT2D eigenvalue weighted by atomic mass is 16.6. The summed E-state index contributed by atoms with van der Waals surface area (Å²) in [5.41, 5.74) is 1.59. The van der Waals surface area contributed by atoms with Gasteiger partial charge in [0.25, 0.3) is 0 Å². The molecule has 3 aliphatic rings. The van der Waals surface area contributed by atoms with Gasteiger partial charge in [-0.15, -0.1) is 0 Å². The van der Waals surface area contributed by atoms with E-state index in [1.807, 2.05) is 6.07 Å². The molecule has 0 N–H and O–H groups in total. The van der Waals surface area contributed by atoms with Crippen molar-refractivity contribution in [2.75, 3.05) is 26.3 Å². The van der Waals surface area contributed by atoms with Crippen LogP contribution in [0.2, 0.25) is 0 Å². The minimum absolute atomic E-state index is 0.0519. The van der Waals surface area contributed by atoms with E-state index in [1.165, 1.54) is 11.6 Å². The lowest BCUT2D eigenvalue weighted by atomic mass is 9.82. The highest BCUT2D eigenvalue weighted by Crippen LogP contribution is 2.48. The molecule has 1 saturated heterocycles. The van der Waals surface area contributed by atoms with Crippen molar-refractivity contribution >= 4 is 11.8 Å². The maximum absolute atomic E-state index is 11.4. The number of para-hydroxylation sites is 1. The lowest BCUT2D eigenvalue weighted by Crippen LogP contribution is -2.59. The molecule has 1 saturated carbocycles. The van der Waals surface area contributed by atoms with Gasteiger partial charge in [-0.1, -0.05) is 12.1 Å². The number of nitro groups is 1. The van der Waals surface area contributed by atoms with Gasteiger partial charge in [0.05, 0.1) is 18.1 Å². The Balaban J connectivity index is 1.82. The van der Waals surface area contributed by atoms with E-state index in [2.05, 4.69) is 11.0 Å². The van der Waals surface area contributed by atoms with Crippen LogP contribution in [0.5, 0.6) is 5.75 Å². The maximum atomic E-state index is 11.4. The fourth-order valence-electron chi connectivity index (χ4n) is 3.96. The first-order valence-electron chi connectivity index (χ1n) is 8.21. The molecular formula is C17H20N2O4. The summed E-state index contributed by atoms with van der Waals surface area (Å²) in [5, 5.41) is 11.4. The first-order chi connectivity index (χ1) is 11.2. The van der Waals surface area contributed by atoms with Crippen molar-refractivity contribution in [3.8, 4) is 5.75 Å². The average molecular weight is 316 g/mol. The van der Waals surface area contributed by atoms with Gasteiger partial charge in [-0.25, -0.2) is 0 Å². The van der Waals surface area contributed by atoms with Crippen molar-refractivity contribution in [2.24, 2.45) is 0 Å². The molecule has 0 spiro atoms. The average Bonchev–Trinajstić information content (AvgIpc) is 2.60. The van der Waals surface area contributed by atoms with Crippen LogP contribution in [0.4, 0.5) is 5.69 Å². The second-order valence-electron chi connectivity index (χ2n) is 6.32. The Morgan fingerprint density at radius 1 is 1.22 bits per heavy atom. The zero-order chi connectivity index (χ0) is 15.9. The number of benzene rings is 1. The number of rotatable bonds is 2. The van der Waals surface area contributed by atoms with Gasteiger partial charge in [0.1, 0.15) is 0 Å². The van der Waals surface area contributed by atoms with Crippen molar-refractivity contribution < 1.29 is 14.4 Å². The molecule has 122 valence electrons. The molecule has 2 aliphatic heterocycles. The predicted octanol–water partition coefficient (Wildman–Crippen LogP) is 2.97. The smallest absolute Gasteiger partial charge is 0.311 e. The summed E-state index contributed by atoms with van der Waals surface area (Å²) in [4.78, 5) is 13.3. The molecule has 2 fully saturated rings. The van der Waals surface area contributed by atoms with E-state index in [4.69, 9.17) is 9.47 Å². The second kappa shape index (κ2) is 5.62. The molecule has 1 aliphatic carbocycles. The number of fused-ring (bicyclic) bond motifs is 2. The summed E-state index contributed by atoms with van der Waals surface area (Å²) in [6.07, 6.45) is 6.19. The van der Waals surface area contributed by atoms with Crippen LogP contribution in [0.25, 0.3) is 6.08 Å². The van der Waals surface area contributed by atoms with Crippen molar-refractivity contribution in [3.05, 3.63) is 39.4 Å². The Labute approximate surface area is 134 Å². The zero-order valence-corrected chi connectivity index (χ0v) is 13.0. The molecule has 1 aromatic rings. The highest BCUT2D eigenvalue weighted by Gasteiger charge is 2.48. The lowest BCUT2D eigenvalue weighted by molar-refractivity contribution is -0.386. The van der Waals surface area contributed by atoms with Crippen molar-refractivity contribution in [1.29, 1.82) is 0 Å². The van der Waals surface area contributed by atoms with E-state index in [1.54, 1.807) is 6.07 Å². The molecule has 4 rings (SSSR count). The number of nitro benzene ring substituents is 1. The number of morpholine rings is 1. The van der Waals surface area contributed by atoms with Gasteiger partial charge in [-0.2, -0.15) is 0 Å². The Morgan fingerprint density at radius 3 is 2.83 bits per heavy atom. The summed E-state index contributed by atoms with van der Waals surface area (Å²) >= 11 is 0. The minimum Gasteiger partial charge on any atom is -0.461 e. The molecule has 0 radical (unpaired) electrons. The number of nitrogens with zero attached hydrogens (tertiary/aromatic N) is 2. The van der Waals surface area contributed by atoms with Crippen molar-refractivity contribution in [3.63, 3.8) is 0 Å². The molecule has 0 bridgehead atoms. The quantitative estimate of drug-likeness (QED) is 0.620. The Morgan fingerprint density at radius 2 is 2.04 bits per heavy atom. The monoisotopic (exact) mass is 316 g/mol. The van der Waals surface area contributed by atoms with E-state index < -0.39 is 5.72 Å². The number of hydrogen-bond acceptors (Lipinski definition) is 5. The first-order valence-corrected chi connectivity index (χ1v) is 8.21. The second-order valence-corrected chi connectivity index (χ2v) is 6.32. The Bertz CT molecular complexity index is 667. The Hall–Kier alpha value is -1.92. The van der Waals surface area contributed by atoms with Gasteiger partial charge in [-0.3, -0.25) is 15.0 Å². The summed E-state index contributed by atoms with van der Waals surface area (Å²) in [5.74, 6) is 0.412. The predicted molar refractivity (Wildman–Crippen MR) is 85.3 cm³/mol. The van der Waals surface area contributed by atoms with Crippen LogP contribution in [-0.2, 0) is 4.74 Å². The minimum atomic E-state index is -0.527. The molecule has 1 aromatic carbocycles. The largest absolute Gasteiger partial charge is 0.461 e. The Kier molecular flexibility index (Phi) is 3.58. The lowest BCUT2D eigenvalue weighted by Gasteiger charge is -2.50. The molecular weight excluding hydrogens is 296 g/mol. The van der Waals surface area contributed by atoms with Crippen molar-refractivity contribution in [2.45, 2.75) is 31.4 Å². The SMILES string of the molecule is O=[N+]([O-])c1cccc2c1O[C@@]1(N3CCOCC3)CCCCC1=C2. The van der Waals surface area contributed by atoms with E-state index in [9.17, 15) is 10.1 Å². The molecule has 6 nitrogen and oxygen atoms in total. The summed E-state index contributed by atoms with van der Waals surface area (Å²) < 4.78 is 11.9. The van der Waals surface area contributed by atoms with Gasteiger partial charge in [0.2, 0.25) is 5.75 Å². The standard InChI is InChI=1S/C17H20N2O4/c20-19(21)15-6-3-4-13-12-14-5-1-2-7-17(14,23-16(13)15)18-8-10-22-11-9-18/h3-4,6,12H,1-2,5,7-11H2/t17-/m0/s1. The van der Waals surface area contributed by atoms with Crippen LogP contribution >= 0.6 is 0 Å². The third-order valence-electron chi connectivity index (χ3n) is 5.06. The van der Waals surface area contributed by atoms with Gasteiger partial charge in [0, 0.05) is 31.1 Å². The molecule has 1 atom stereocenters. The normalized spacial score (nSPS) is 27.4. The van der Waals surface area contributed by atoms with E-state index >= 15 is 0 Å². The molecule has 0 amide bonds. The van der Waals surface area contributed by atoms with Crippen LogP contribution in [0.3, 0.4) is 0 Å². The van der Waals surface area contributed by atoms with Crippen LogP contribution in [0.1, 0.15) is 31.2 Å². The van der Waals surface area contributed by atoms with Crippen LogP contribution in [-0.4, -0.2) is 41.9 Å².